The lowest BCUT2D eigenvalue weighted by atomic mass is 9.75. The van der Waals surface area contributed by atoms with Crippen molar-refractivity contribution in [2.24, 2.45) is 11.8 Å². The highest BCUT2D eigenvalue weighted by Gasteiger charge is 2.40. The van der Waals surface area contributed by atoms with Gasteiger partial charge >= 0.3 is 0 Å². The molecule has 0 aromatic heterocycles. The molecule has 0 aliphatic carbocycles. The molecule has 1 amide bonds. The van der Waals surface area contributed by atoms with Gasteiger partial charge in [-0.3, -0.25) is 9.69 Å². The van der Waals surface area contributed by atoms with Gasteiger partial charge in [0.25, 0.3) is 5.91 Å². The number of carbonyl (C=O) groups excluding carboxylic acids is 1. The van der Waals surface area contributed by atoms with Crippen LogP contribution in [0.4, 0.5) is 5.69 Å². The smallest absolute Gasteiger partial charge is 0.251 e. The van der Waals surface area contributed by atoms with Gasteiger partial charge in [0.05, 0.1) is 0 Å². The Morgan fingerprint density at radius 3 is 2.50 bits per heavy atom. The maximum absolute atomic E-state index is 12.6. The first kappa shape index (κ1) is 19.7. The van der Waals surface area contributed by atoms with Gasteiger partial charge in [-0.2, -0.15) is 0 Å². The summed E-state index contributed by atoms with van der Waals surface area (Å²) in [5.74, 6) is 1.73. The molecule has 1 aromatic rings. The molecule has 1 N–H and O–H groups in total. The molecule has 154 valence electrons. The summed E-state index contributed by atoms with van der Waals surface area (Å²) in [7, 11) is 4.03. The van der Waals surface area contributed by atoms with Crippen LogP contribution in [0.2, 0.25) is 0 Å². The molecule has 4 saturated heterocycles. The molecule has 5 heteroatoms. The van der Waals surface area contributed by atoms with Crippen LogP contribution in [0.3, 0.4) is 0 Å². The lowest BCUT2D eigenvalue weighted by Crippen LogP contribution is -2.58. The minimum absolute atomic E-state index is 0.0535. The fourth-order valence-corrected chi connectivity index (χ4v) is 5.37. The summed E-state index contributed by atoms with van der Waals surface area (Å²) >= 11 is 0. The molecule has 4 unspecified atom stereocenters. The summed E-state index contributed by atoms with van der Waals surface area (Å²) in [6.07, 6.45) is 6.76. The summed E-state index contributed by atoms with van der Waals surface area (Å²) in [5, 5.41) is 3.19. The van der Waals surface area contributed by atoms with Crippen molar-refractivity contribution in [2.45, 2.75) is 38.1 Å². The van der Waals surface area contributed by atoms with Crippen LogP contribution in [0.5, 0.6) is 0 Å². The minimum atomic E-state index is 0.0535. The number of piperidine rings is 4. The molecule has 4 heterocycles. The number of nitrogens with one attached hydrogen (secondary N) is 1. The molecule has 0 spiro atoms. The molecular formula is C23H36N4O. The number of amides is 1. The Bertz CT molecular complexity index is 653. The molecule has 4 aliphatic rings. The maximum atomic E-state index is 12.6. The maximum Gasteiger partial charge on any atom is 0.251 e. The number of hydrogen-bond acceptors (Lipinski definition) is 4. The third kappa shape index (κ3) is 4.52. The van der Waals surface area contributed by atoms with Crippen molar-refractivity contribution < 1.29 is 4.79 Å². The molecule has 4 aliphatic heterocycles. The van der Waals surface area contributed by atoms with E-state index in [9.17, 15) is 4.79 Å². The predicted octanol–water partition coefficient (Wildman–Crippen LogP) is 2.68. The number of nitrogens with zero attached hydrogens (tertiary/aromatic N) is 3. The Hall–Kier alpha value is -1.59. The Morgan fingerprint density at radius 1 is 1.11 bits per heavy atom. The number of fused-ring (bicyclic) bond motifs is 3. The minimum Gasteiger partial charge on any atom is -0.378 e. The average Bonchev–Trinajstić information content (AvgIpc) is 2.73. The van der Waals surface area contributed by atoms with Gasteiger partial charge in [-0.05, 0) is 81.4 Å². The molecule has 5 nitrogen and oxygen atoms in total. The van der Waals surface area contributed by atoms with Gasteiger partial charge in [0.15, 0.2) is 0 Å². The number of benzene rings is 1. The fraction of sp³-hybridized carbons (Fsp3) is 0.696. The average molecular weight is 385 g/mol. The molecule has 0 saturated carbocycles. The monoisotopic (exact) mass is 384 g/mol. The van der Waals surface area contributed by atoms with Gasteiger partial charge in [0.1, 0.15) is 0 Å². The quantitative estimate of drug-likeness (QED) is 0.818. The topological polar surface area (TPSA) is 38.8 Å². The van der Waals surface area contributed by atoms with Crippen LogP contribution in [-0.2, 0) is 0 Å². The van der Waals surface area contributed by atoms with Crippen LogP contribution in [0.1, 0.15) is 42.5 Å². The van der Waals surface area contributed by atoms with Crippen molar-refractivity contribution in [2.75, 3.05) is 58.3 Å². The van der Waals surface area contributed by atoms with Gasteiger partial charge in [0.2, 0.25) is 0 Å². The van der Waals surface area contributed by atoms with E-state index in [0.29, 0.717) is 6.04 Å². The highest BCUT2D eigenvalue weighted by Crippen LogP contribution is 2.36. The van der Waals surface area contributed by atoms with Crippen LogP contribution < -0.4 is 10.2 Å². The van der Waals surface area contributed by atoms with Gasteiger partial charge in [-0.1, -0.05) is 6.42 Å². The van der Waals surface area contributed by atoms with Crippen LogP contribution in [-0.4, -0.2) is 75.1 Å². The number of hydrogen-bond donors (Lipinski definition) is 1. The van der Waals surface area contributed by atoms with E-state index in [1.807, 2.05) is 43.3 Å². The number of carbonyl (C=O) groups is 1. The van der Waals surface area contributed by atoms with Crippen molar-refractivity contribution in [3.05, 3.63) is 29.8 Å². The molecule has 2 bridgehead atoms. The molecule has 0 radical (unpaired) electrons. The number of rotatable bonds is 6. The first-order valence-corrected chi connectivity index (χ1v) is 11.1. The van der Waals surface area contributed by atoms with E-state index in [-0.39, 0.29) is 5.91 Å². The van der Waals surface area contributed by atoms with Crippen LogP contribution in [0.25, 0.3) is 0 Å². The Morgan fingerprint density at radius 2 is 1.86 bits per heavy atom. The van der Waals surface area contributed by atoms with E-state index in [0.717, 1.165) is 29.6 Å². The summed E-state index contributed by atoms with van der Waals surface area (Å²) in [5.41, 5.74) is 1.87. The second-order valence-corrected chi connectivity index (χ2v) is 9.21. The number of anilines is 1. The van der Waals surface area contributed by atoms with Crippen LogP contribution in [0.15, 0.2) is 24.3 Å². The van der Waals surface area contributed by atoms with Gasteiger partial charge in [-0.25, -0.2) is 0 Å². The van der Waals surface area contributed by atoms with Crippen molar-refractivity contribution in [3.63, 3.8) is 0 Å². The first-order valence-electron chi connectivity index (χ1n) is 11.1. The number of likely N-dealkylation sites (tertiary alicyclic amines) is 1. The van der Waals surface area contributed by atoms with Gasteiger partial charge < -0.3 is 15.1 Å². The Balaban J connectivity index is 1.26. The van der Waals surface area contributed by atoms with Crippen molar-refractivity contribution >= 4 is 11.6 Å². The summed E-state index contributed by atoms with van der Waals surface area (Å²) in [6.45, 7) is 7.10. The third-order valence-electron chi connectivity index (χ3n) is 7.10. The molecule has 28 heavy (non-hydrogen) atoms. The first-order chi connectivity index (χ1) is 13.6. The van der Waals surface area contributed by atoms with E-state index in [4.69, 9.17) is 0 Å². The van der Waals surface area contributed by atoms with Crippen molar-refractivity contribution in [1.29, 1.82) is 0 Å². The van der Waals surface area contributed by atoms with Gasteiger partial charge in [-0.15, -0.1) is 0 Å². The Labute approximate surface area is 170 Å². The molecular weight excluding hydrogens is 348 g/mol. The fourth-order valence-electron chi connectivity index (χ4n) is 5.37. The zero-order valence-corrected chi connectivity index (χ0v) is 17.6. The highest BCUT2D eigenvalue weighted by molar-refractivity contribution is 5.94. The van der Waals surface area contributed by atoms with Crippen LogP contribution >= 0.6 is 0 Å². The molecule has 1 aromatic carbocycles. The third-order valence-corrected chi connectivity index (χ3v) is 7.10. The SMILES string of the molecule is CN(C)c1ccc(C(=O)NCC2CC3CCN2CC3CN2CCCCC2)cc1. The largest absolute Gasteiger partial charge is 0.378 e. The summed E-state index contributed by atoms with van der Waals surface area (Å²) in [4.78, 5) is 19.9. The standard InChI is InChI=1S/C23H36N4O/c1-25(2)21-8-6-18(7-9-21)23(28)24-15-22-14-19-10-13-27(22)17-20(19)16-26-11-4-3-5-12-26/h6-9,19-20,22H,3-5,10-17H2,1-2H3,(H,24,28). The predicted molar refractivity (Wildman–Crippen MR) is 115 cm³/mol. The second-order valence-electron chi connectivity index (χ2n) is 9.21. The van der Waals surface area contributed by atoms with Gasteiger partial charge in [0, 0.05) is 51.0 Å². The summed E-state index contributed by atoms with van der Waals surface area (Å²) < 4.78 is 0. The van der Waals surface area contributed by atoms with E-state index < -0.39 is 0 Å². The van der Waals surface area contributed by atoms with Crippen LogP contribution in [0, 0.1) is 11.8 Å². The lowest BCUT2D eigenvalue weighted by Gasteiger charge is -2.51. The van der Waals surface area contributed by atoms with Crippen molar-refractivity contribution in [1.82, 2.24) is 15.1 Å². The van der Waals surface area contributed by atoms with E-state index >= 15 is 0 Å². The summed E-state index contributed by atoms with van der Waals surface area (Å²) in [6, 6.07) is 8.37. The van der Waals surface area contributed by atoms with E-state index in [1.165, 1.54) is 64.8 Å². The second kappa shape index (κ2) is 8.83. The van der Waals surface area contributed by atoms with Crippen molar-refractivity contribution in [3.8, 4) is 0 Å². The lowest BCUT2D eigenvalue weighted by molar-refractivity contribution is -0.0134. The zero-order chi connectivity index (χ0) is 19.5. The van der Waals surface area contributed by atoms with E-state index in [2.05, 4.69) is 15.1 Å². The molecule has 4 atom stereocenters. The molecule has 5 rings (SSSR count). The highest BCUT2D eigenvalue weighted by atomic mass is 16.1. The van der Waals surface area contributed by atoms with E-state index in [1.54, 1.807) is 0 Å². The Kier molecular flexibility index (Phi) is 6.22. The molecule has 4 fully saturated rings. The zero-order valence-electron chi connectivity index (χ0n) is 17.6. The normalized spacial score (nSPS) is 30.2.